The molecule has 86 valence electrons. The van der Waals surface area contributed by atoms with Gasteiger partial charge in [-0.1, -0.05) is 11.2 Å². The van der Waals surface area contributed by atoms with Gasteiger partial charge in [0.25, 0.3) is 0 Å². The van der Waals surface area contributed by atoms with Gasteiger partial charge in [-0.3, -0.25) is 0 Å². The van der Waals surface area contributed by atoms with Gasteiger partial charge in [-0.15, -0.1) is 23.7 Å². The van der Waals surface area contributed by atoms with Crippen LogP contribution in [0.4, 0.5) is 0 Å². The fourth-order valence-electron chi connectivity index (χ4n) is 1.54. The first-order valence-electron chi connectivity index (χ1n) is 4.97. The maximum Gasteiger partial charge on any atom is 0.232 e. The van der Waals surface area contributed by atoms with Crippen molar-refractivity contribution in [2.45, 2.75) is 12.3 Å². The number of nitrogens with zero attached hydrogens (tertiary/aromatic N) is 2. The quantitative estimate of drug-likeness (QED) is 0.912. The van der Waals surface area contributed by atoms with E-state index < -0.39 is 0 Å². The third-order valence-electron chi connectivity index (χ3n) is 2.53. The van der Waals surface area contributed by atoms with Gasteiger partial charge in [0.05, 0.1) is 5.92 Å². The predicted octanol–water partition coefficient (Wildman–Crippen LogP) is 1.83. The minimum atomic E-state index is 0. The van der Waals surface area contributed by atoms with E-state index in [2.05, 4.69) is 26.9 Å². The summed E-state index contributed by atoms with van der Waals surface area (Å²) in [6.45, 7) is 1.92. The molecular formula is C10H12ClN3OS. The summed E-state index contributed by atoms with van der Waals surface area (Å²) in [5.74, 6) is 1.99. The molecule has 0 unspecified atom stereocenters. The van der Waals surface area contributed by atoms with Gasteiger partial charge >= 0.3 is 0 Å². The van der Waals surface area contributed by atoms with Crippen LogP contribution < -0.4 is 5.32 Å². The first-order chi connectivity index (χ1) is 7.42. The topological polar surface area (TPSA) is 51.0 Å². The molecule has 3 rings (SSSR count). The fraction of sp³-hybridized carbons (Fsp3) is 0.400. The molecule has 3 heterocycles. The van der Waals surface area contributed by atoms with Crippen molar-refractivity contribution in [1.82, 2.24) is 15.5 Å². The Balaban J connectivity index is 0.000000963. The van der Waals surface area contributed by atoms with E-state index in [9.17, 15) is 0 Å². The molecule has 6 heteroatoms. The minimum absolute atomic E-state index is 0. The number of halogens is 1. The summed E-state index contributed by atoms with van der Waals surface area (Å²) in [6, 6.07) is 4.13. The Hall–Kier alpha value is -0.910. The van der Waals surface area contributed by atoms with Crippen LogP contribution in [0, 0.1) is 0 Å². The van der Waals surface area contributed by atoms with E-state index in [0.717, 1.165) is 31.2 Å². The number of hydrogen-bond donors (Lipinski definition) is 1. The van der Waals surface area contributed by atoms with Gasteiger partial charge in [0.2, 0.25) is 5.89 Å². The van der Waals surface area contributed by atoms with E-state index in [1.54, 1.807) is 11.3 Å². The van der Waals surface area contributed by atoms with Crippen LogP contribution in [0.5, 0.6) is 0 Å². The highest BCUT2D eigenvalue weighted by atomic mass is 35.5. The maximum atomic E-state index is 5.22. The van der Waals surface area contributed by atoms with Crippen LogP contribution in [0.15, 0.2) is 22.0 Å². The zero-order chi connectivity index (χ0) is 10.1. The molecule has 1 fully saturated rings. The van der Waals surface area contributed by atoms with Crippen molar-refractivity contribution in [3.8, 4) is 0 Å². The summed E-state index contributed by atoms with van der Waals surface area (Å²) in [4.78, 5) is 5.67. The molecule has 2 aromatic rings. The second kappa shape index (κ2) is 4.95. The van der Waals surface area contributed by atoms with Gasteiger partial charge < -0.3 is 9.84 Å². The Morgan fingerprint density at radius 3 is 3.00 bits per heavy atom. The monoisotopic (exact) mass is 257 g/mol. The summed E-state index contributed by atoms with van der Waals surface area (Å²) >= 11 is 1.72. The van der Waals surface area contributed by atoms with Crippen molar-refractivity contribution in [2.24, 2.45) is 0 Å². The molecule has 1 saturated heterocycles. The molecule has 0 spiro atoms. The highest BCUT2D eigenvalue weighted by molar-refractivity contribution is 7.09. The highest BCUT2D eigenvalue weighted by Gasteiger charge is 2.24. The number of hydrogen-bond acceptors (Lipinski definition) is 5. The largest absolute Gasteiger partial charge is 0.339 e. The zero-order valence-corrected chi connectivity index (χ0v) is 10.2. The molecule has 16 heavy (non-hydrogen) atoms. The standard InChI is InChI=1S/C10H11N3OS.ClH/c1-2-8(15-3-1)4-9-12-10(14-13-9)7-5-11-6-7;/h1-3,7,11H,4-6H2;1H. The van der Waals surface area contributed by atoms with Crippen LogP contribution in [0.1, 0.15) is 22.5 Å². The van der Waals surface area contributed by atoms with Gasteiger partial charge in [0.1, 0.15) is 0 Å². The lowest BCUT2D eigenvalue weighted by Gasteiger charge is -2.22. The van der Waals surface area contributed by atoms with Gasteiger partial charge in [-0.2, -0.15) is 4.98 Å². The van der Waals surface area contributed by atoms with Crippen molar-refractivity contribution in [3.63, 3.8) is 0 Å². The average molecular weight is 258 g/mol. The first kappa shape index (κ1) is 11.6. The zero-order valence-electron chi connectivity index (χ0n) is 8.55. The number of aromatic nitrogens is 2. The third-order valence-corrected chi connectivity index (χ3v) is 3.40. The van der Waals surface area contributed by atoms with Crippen LogP contribution in [-0.4, -0.2) is 23.2 Å². The van der Waals surface area contributed by atoms with Crippen molar-refractivity contribution in [3.05, 3.63) is 34.1 Å². The summed E-state index contributed by atoms with van der Waals surface area (Å²) in [7, 11) is 0. The van der Waals surface area contributed by atoms with Gasteiger partial charge in [0.15, 0.2) is 5.82 Å². The van der Waals surface area contributed by atoms with E-state index in [4.69, 9.17) is 4.52 Å². The van der Waals surface area contributed by atoms with Crippen LogP contribution >= 0.6 is 23.7 Å². The smallest absolute Gasteiger partial charge is 0.232 e. The molecule has 2 aromatic heterocycles. The summed E-state index contributed by atoms with van der Waals surface area (Å²) < 4.78 is 5.22. The Bertz CT molecular complexity index is 439. The summed E-state index contributed by atoms with van der Waals surface area (Å²) in [5, 5.41) is 9.24. The maximum absolute atomic E-state index is 5.22. The number of thiophene rings is 1. The van der Waals surface area contributed by atoms with Crippen LogP contribution in [-0.2, 0) is 6.42 Å². The summed E-state index contributed by atoms with van der Waals surface area (Å²) in [6.07, 6.45) is 0.779. The number of rotatable bonds is 3. The molecule has 1 N–H and O–H groups in total. The highest BCUT2D eigenvalue weighted by Crippen LogP contribution is 2.19. The second-order valence-corrected chi connectivity index (χ2v) is 4.69. The lowest BCUT2D eigenvalue weighted by Crippen LogP contribution is -2.40. The Kier molecular flexibility index (Phi) is 3.58. The lowest BCUT2D eigenvalue weighted by atomic mass is 10.0. The molecule has 0 atom stereocenters. The lowest BCUT2D eigenvalue weighted by molar-refractivity contribution is 0.306. The Morgan fingerprint density at radius 1 is 1.50 bits per heavy atom. The Morgan fingerprint density at radius 2 is 2.38 bits per heavy atom. The average Bonchev–Trinajstić information content (AvgIpc) is 2.75. The SMILES string of the molecule is Cl.c1csc(Cc2noc(C3CNC3)n2)c1. The van der Waals surface area contributed by atoms with E-state index >= 15 is 0 Å². The molecule has 0 saturated carbocycles. The van der Waals surface area contributed by atoms with Gasteiger partial charge in [-0.05, 0) is 11.4 Å². The van der Waals surface area contributed by atoms with E-state index in [1.807, 2.05) is 6.07 Å². The predicted molar refractivity (Wildman–Crippen MR) is 64.3 cm³/mol. The second-order valence-electron chi connectivity index (χ2n) is 3.66. The first-order valence-corrected chi connectivity index (χ1v) is 5.85. The molecule has 0 amide bonds. The van der Waals surface area contributed by atoms with Crippen molar-refractivity contribution in [1.29, 1.82) is 0 Å². The molecule has 1 aliphatic heterocycles. The molecular weight excluding hydrogens is 246 g/mol. The molecule has 0 radical (unpaired) electrons. The normalized spacial score (nSPS) is 15.5. The molecule has 4 nitrogen and oxygen atoms in total. The van der Waals surface area contributed by atoms with Crippen LogP contribution in [0.25, 0.3) is 0 Å². The van der Waals surface area contributed by atoms with E-state index in [0.29, 0.717) is 5.92 Å². The van der Waals surface area contributed by atoms with Crippen molar-refractivity contribution < 1.29 is 4.52 Å². The van der Waals surface area contributed by atoms with E-state index in [1.165, 1.54) is 4.88 Å². The Labute approximate surface area is 103 Å². The minimum Gasteiger partial charge on any atom is -0.339 e. The molecule has 1 aliphatic rings. The molecule has 0 aliphatic carbocycles. The van der Waals surface area contributed by atoms with Gasteiger partial charge in [-0.25, -0.2) is 0 Å². The summed E-state index contributed by atoms with van der Waals surface area (Å²) in [5.41, 5.74) is 0. The van der Waals surface area contributed by atoms with E-state index in [-0.39, 0.29) is 12.4 Å². The fourth-order valence-corrected chi connectivity index (χ4v) is 2.24. The van der Waals surface area contributed by atoms with Crippen LogP contribution in [0.2, 0.25) is 0 Å². The third kappa shape index (κ3) is 2.26. The number of nitrogens with one attached hydrogen (secondary N) is 1. The molecule has 0 bridgehead atoms. The molecule has 0 aromatic carbocycles. The van der Waals surface area contributed by atoms with Crippen molar-refractivity contribution >= 4 is 23.7 Å². The van der Waals surface area contributed by atoms with Crippen LogP contribution in [0.3, 0.4) is 0 Å². The van der Waals surface area contributed by atoms with Gasteiger partial charge in [0, 0.05) is 24.4 Å². The van der Waals surface area contributed by atoms with Crippen molar-refractivity contribution in [2.75, 3.05) is 13.1 Å².